The van der Waals surface area contributed by atoms with E-state index in [1.54, 1.807) is 4.68 Å². The van der Waals surface area contributed by atoms with Gasteiger partial charge in [-0.05, 0) is 28.4 Å². The largest absolute Gasteiger partial charge is 0.353 e. The van der Waals surface area contributed by atoms with Crippen LogP contribution in [-0.4, -0.2) is 38.8 Å². The molecule has 74 valence electrons. The maximum Gasteiger partial charge on any atom is 0.242 e. The standard InChI is InChI=1S/C7H15N5S/c1-6(5-13-3)4-8-7-9-10-11-12(7)2/h6H,4-5H2,1-3H3,(H,8,9,11). The highest BCUT2D eigenvalue weighted by molar-refractivity contribution is 7.98. The predicted molar refractivity (Wildman–Crippen MR) is 54.8 cm³/mol. The molecule has 0 aliphatic rings. The smallest absolute Gasteiger partial charge is 0.242 e. The lowest BCUT2D eigenvalue weighted by Crippen LogP contribution is -2.15. The van der Waals surface area contributed by atoms with E-state index in [1.165, 1.54) is 0 Å². The summed E-state index contributed by atoms with van der Waals surface area (Å²) in [4.78, 5) is 0. The molecule has 0 radical (unpaired) electrons. The number of rotatable bonds is 5. The molecular weight excluding hydrogens is 186 g/mol. The first-order chi connectivity index (χ1) is 6.24. The molecule has 0 saturated heterocycles. The minimum atomic E-state index is 0.631. The number of anilines is 1. The van der Waals surface area contributed by atoms with E-state index in [1.807, 2.05) is 18.8 Å². The van der Waals surface area contributed by atoms with Crippen LogP contribution >= 0.6 is 11.8 Å². The Bertz CT molecular complexity index is 249. The predicted octanol–water partition coefficient (Wildman–Crippen LogP) is 0.621. The van der Waals surface area contributed by atoms with Crippen molar-refractivity contribution >= 4 is 17.7 Å². The first-order valence-corrected chi connectivity index (χ1v) is 5.58. The third-order valence-electron chi connectivity index (χ3n) is 1.68. The molecule has 0 aliphatic carbocycles. The van der Waals surface area contributed by atoms with Crippen LogP contribution in [0.1, 0.15) is 6.92 Å². The Kier molecular flexibility index (Phi) is 4.01. The summed E-state index contributed by atoms with van der Waals surface area (Å²) < 4.78 is 1.63. The normalized spacial score (nSPS) is 12.8. The maximum atomic E-state index is 3.83. The number of thioether (sulfide) groups is 1. The molecule has 1 rings (SSSR count). The molecule has 1 atom stereocenters. The molecule has 0 saturated carbocycles. The fourth-order valence-corrected chi connectivity index (χ4v) is 1.68. The number of hydrogen-bond donors (Lipinski definition) is 1. The van der Waals surface area contributed by atoms with E-state index in [2.05, 4.69) is 34.0 Å². The highest BCUT2D eigenvalue weighted by Gasteiger charge is 2.04. The van der Waals surface area contributed by atoms with Gasteiger partial charge in [0.1, 0.15) is 0 Å². The van der Waals surface area contributed by atoms with E-state index in [4.69, 9.17) is 0 Å². The molecule has 1 heterocycles. The Morgan fingerprint density at radius 2 is 2.38 bits per heavy atom. The van der Waals surface area contributed by atoms with Crippen LogP contribution in [0.3, 0.4) is 0 Å². The van der Waals surface area contributed by atoms with Crippen molar-refractivity contribution in [1.82, 2.24) is 20.2 Å². The van der Waals surface area contributed by atoms with Gasteiger partial charge >= 0.3 is 0 Å². The van der Waals surface area contributed by atoms with Crippen LogP contribution in [-0.2, 0) is 7.05 Å². The van der Waals surface area contributed by atoms with Gasteiger partial charge < -0.3 is 5.32 Å². The third kappa shape index (κ3) is 3.22. The lowest BCUT2D eigenvalue weighted by molar-refractivity contribution is 0.678. The van der Waals surface area contributed by atoms with Gasteiger partial charge in [0.2, 0.25) is 5.95 Å². The first kappa shape index (κ1) is 10.3. The van der Waals surface area contributed by atoms with Gasteiger partial charge in [0.25, 0.3) is 0 Å². The highest BCUT2D eigenvalue weighted by Crippen LogP contribution is 2.05. The monoisotopic (exact) mass is 201 g/mol. The van der Waals surface area contributed by atoms with E-state index in [-0.39, 0.29) is 0 Å². The lowest BCUT2D eigenvalue weighted by Gasteiger charge is -2.10. The highest BCUT2D eigenvalue weighted by atomic mass is 32.2. The van der Waals surface area contributed by atoms with Crippen molar-refractivity contribution in [1.29, 1.82) is 0 Å². The second-order valence-electron chi connectivity index (χ2n) is 3.07. The number of nitrogens with one attached hydrogen (secondary N) is 1. The summed E-state index contributed by atoms with van der Waals surface area (Å²) in [6.07, 6.45) is 2.11. The molecule has 5 nitrogen and oxygen atoms in total. The van der Waals surface area contributed by atoms with E-state index in [0.717, 1.165) is 18.2 Å². The topological polar surface area (TPSA) is 55.6 Å². The van der Waals surface area contributed by atoms with Gasteiger partial charge in [0.15, 0.2) is 0 Å². The zero-order valence-electron chi connectivity index (χ0n) is 8.19. The molecule has 0 amide bonds. The maximum absolute atomic E-state index is 3.83. The Morgan fingerprint density at radius 1 is 1.62 bits per heavy atom. The van der Waals surface area contributed by atoms with Gasteiger partial charge in [-0.2, -0.15) is 11.8 Å². The summed E-state index contributed by atoms with van der Waals surface area (Å²) in [5.74, 6) is 2.51. The molecule has 1 aromatic rings. The van der Waals surface area contributed by atoms with Crippen LogP contribution in [0.5, 0.6) is 0 Å². The summed E-state index contributed by atoms with van der Waals surface area (Å²) in [6.45, 7) is 3.11. The van der Waals surface area contributed by atoms with Crippen molar-refractivity contribution in [2.45, 2.75) is 6.92 Å². The quantitative estimate of drug-likeness (QED) is 0.757. The lowest BCUT2D eigenvalue weighted by atomic mass is 10.2. The van der Waals surface area contributed by atoms with Crippen molar-refractivity contribution in [3.63, 3.8) is 0 Å². The van der Waals surface area contributed by atoms with Crippen molar-refractivity contribution < 1.29 is 0 Å². The summed E-state index contributed by atoms with van der Waals surface area (Å²) in [5, 5.41) is 14.3. The van der Waals surface area contributed by atoms with Gasteiger partial charge in [-0.1, -0.05) is 12.0 Å². The van der Waals surface area contributed by atoms with Crippen LogP contribution in [0, 0.1) is 5.92 Å². The Morgan fingerprint density at radius 3 is 2.92 bits per heavy atom. The summed E-state index contributed by atoms with van der Waals surface area (Å²) in [6, 6.07) is 0. The molecule has 1 unspecified atom stereocenters. The van der Waals surface area contributed by atoms with Crippen LogP contribution in [0.2, 0.25) is 0 Å². The molecule has 0 fully saturated rings. The van der Waals surface area contributed by atoms with Gasteiger partial charge in [-0.3, -0.25) is 0 Å². The fraction of sp³-hybridized carbons (Fsp3) is 0.857. The second-order valence-corrected chi connectivity index (χ2v) is 3.98. The third-order valence-corrected chi connectivity index (χ3v) is 2.58. The molecule has 13 heavy (non-hydrogen) atoms. The van der Waals surface area contributed by atoms with E-state index < -0.39 is 0 Å². The Hall–Kier alpha value is -0.780. The van der Waals surface area contributed by atoms with Crippen molar-refractivity contribution in [3.05, 3.63) is 0 Å². The number of nitrogens with zero attached hydrogens (tertiary/aromatic N) is 4. The zero-order valence-corrected chi connectivity index (χ0v) is 9.01. The van der Waals surface area contributed by atoms with E-state index in [0.29, 0.717) is 5.92 Å². The first-order valence-electron chi connectivity index (χ1n) is 4.19. The fourth-order valence-electron chi connectivity index (χ4n) is 0.988. The van der Waals surface area contributed by atoms with Crippen molar-refractivity contribution in [2.24, 2.45) is 13.0 Å². The minimum absolute atomic E-state index is 0.631. The van der Waals surface area contributed by atoms with E-state index >= 15 is 0 Å². The van der Waals surface area contributed by atoms with Crippen molar-refractivity contribution in [2.75, 3.05) is 23.9 Å². The Labute approximate surface area is 82.3 Å². The molecule has 1 N–H and O–H groups in total. The van der Waals surface area contributed by atoms with E-state index in [9.17, 15) is 0 Å². The van der Waals surface area contributed by atoms with Crippen LogP contribution in [0.4, 0.5) is 5.95 Å². The van der Waals surface area contributed by atoms with Gasteiger partial charge in [-0.15, -0.1) is 0 Å². The van der Waals surface area contributed by atoms with Crippen LogP contribution < -0.4 is 5.32 Å². The summed E-state index contributed by atoms with van der Waals surface area (Å²) >= 11 is 1.85. The van der Waals surface area contributed by atoms with Gasteiger partial charge in [0.05, 0.1) is 0 Å². The number of aromatic nitrogens is 4. The molecule has 0 aromatic carbocycles. The SMILES string of the molecule is CSCC(C)CNc1nnnn1C. The minimum Gasteiger partial charge on any atom is -0.353 e. The molecule has 1 aromatic heterocycles. The Balaban J connectivity index is 2.30. The van der Waals surface area contributed by atoms with Crippen LogP contribution in [0.25, 0.3) is 0 Å². The number of hydrogen-bond acceptors (Lipinski definition) is 5. The second kappa shape index (κ2) is 5.06. The van der Waals surface area contributed by atoms with Gasteiger partial charge in [0, 0.05) is 13.6 Å². The van der Waals surface area contributed by atoms with Crippen LogP contribution in [0.15, 0.2) is 0 Å². The molecule has 6 heteroatoms. The molecular formula is C7H15N5S. The number of aryl methyl sites for hydroxylation is 1. The van der Waals surface area contributed by atoms with Crippen molar-refractivity contribution in [3.8, 4) is 0 Å². The number of tetrazole rings is 1. The van der Waals surface area contributed by atoms with Gasteiger partial charge in [-0.25, -0.2) is 4.68 Å². The molecule has 0 aliphatic heterocycles. The molecule has 0 spiro atoms. The molecule has 0 bridgehead atoms. The summed E-state index contributed by atoms with van der Waals surface area (Å²) in [5.41, 5.74) is 0. The average molecular weight is 201 g/mol. The zero-order chi connectivity index (χ0) is 9.68. The summed E-state index contributed by atoms with van der Waals surface area (Å²) in [7, 11) is 1.82. The average Bonchev–Trinajstić information content (AvgIpc) is 2.48.